The molecule has 2 saturated heterocycles. The molecule has 0 N–H and O–H groups in total. The third-order valence-corrected chi connectivity index (χ3v) is 7.83. The molecule has 5 heterocycles. The van der Waals surface area contributed by atoms with Crippen molar-refractivity contribution in [2.24, 2.45) is 0 Å². The van der Waals surface area contributed by atoms with Gasteiger partial charge in [-0.25, -0.2) is 13.9 Å². The van der Waals surface area contributed by atoms with Gasteiger partial charge in [0.1, 0.15) is 0 Å². The molecule has 36 heavy (non-hydrogen) atoms. The number of methoxy groups -OCH3 is 1. The highest BCUT2D eigenvalue weighted by molar-refractivity contribution is 5.98. The van der Waals surface area contributed by atoms with Crippen LogP contribution in [-0.4, -0.2) is 88.3 Å². The summed E-state index contributed by atoms with van der Waals surface area (Å²) in [6.07, 6.45) is 9.84. The number of anilines is 1. The third-order valence-electron chi connectivity index (χ3n) is 7.83. The van der Waals surface area contributed by atoms with Gasteiger partial charge in [-0.1, -0.05) is 0 Å². The second-order valence-corrected chi connectivity index (χ2v) is 10.1. The summed E-state index contributed by atoms with van der Waals surface area (Å²) in [6, 6.07) is 6.27. The van der Waals surface area contributed by atoms with Gasteiger partial charge < -0.3 is 14.5 Å². The van der Waals surface area contributed by atoms with Crippen LogP contribution in [0.5, 0.6) is 5.75 Å². The molecule has 1 aromatic carbocycles. The van der Waals surface area contributed by atoms with Crippen LogP contribution in [0.4, 0.5) is 10.1 Å². The van der Waals surface area contributed by atoms with Gasteiger partial charge in [-0.2, -0.15) is 5.10 Å². The number of ether oxygens (including phenoxy) is 1. The number of fused-ring (bicyclic) bond motifs is 2. The molecule has 188 valence electrons. The first-order valence-electron chi connectivity index (χ1n) is 12.7. The lowest BCUT2D eigenvalue weighted by atomic mass is 9.99. The summed E-state index contributed by atoms with van der Waals surface area (Å²) in [5.74, 6) is -0.235. The fourth-order valence-electron chi connectivity index (χ4n) is 5.91. The van der Waals surface area contributed by atoms with Crippen LogP contribution in [0.2, 0.25) is 0 Å². The molecule has 0 bridgehead atoms. The van der Waals surface area contributed by atoms with Crippen molar-refractivity contribution in [3.8, 4) is 16.9 Å². The zero-order chi connectivity index (χ0) is 24.8. The van der Waals surface area contributed by atoms with Gasteiger partial charge in [0, 0.05) is 68.0 Å². The van der Waals surface area contributed by atoms with Crippen molar-refractivity contribution in [1.29, 1.82) is 0 Å². The number of aromatic nitrogens is 4. The molecule has 8 nitrogen and oxygen atoms in total. The molecule has 1 atom stereocenters. The van der Waals surface area contributed by atoms with Gasteiger partial charge in [0.05, 0.1) is 36.9 Å². The first-order chi connectivity index (χ1) is 17.5. The molecule has 2 aliphatic heterocycles. The maximum absolute atomic E-state index is 14.2. The number of piperidine rings is 1. The highest BCUT2D eigenvalue weighted by atomic mass is 19.1. The number of likely N-dealkylation sites (N-methyl/N-ethyl adjacent to an activating group) is 1. The molecule has 0 saturated carbocycles. The van der Waals surface area contributed by atoms with Crippen LogP contribution in [0.15, 0.2) is 43.0 Å². The lowest BCUT2D eigenvalue weighted by molar-refractivity contribution is 0.0511. The molecule has 9 heteroatoms. The summed E-state index contributed by atoms with van der Waals surface area (Å²) >= 11 is 0. The van der Waals surface area contributed by atoms with E-state index in [0.29, 0.717) is 17.6 Å². The molecule has 6 rings (SSSR count). The molecular weight excluding hydrogens is 457 g/mol. The third kappa shape index (κ3) is 4.06. The Hall–Kier alpha value is -3.30. The molecule has 4 aromatic rings. The van der Waals surface area contributed by atoms with Crippen LogP contribution in [0.25, 0.3) is 27.7 Å². The van der Waals surface area contributed by atoms with E-state index in [0.717, 1.165) is 73.4 Å². The average Bonchev–Trinajstić information content (AvgIpc) is 3.31. The second kappa shape index (κ2) is 9.29. The maximum Gasteiger partial charge on any atom is 0.167 e. The first-order valence-corrected chi connectivity index (χ1v) is 12.7. The summed E-state index contributed by atoms with van der Waals surface area (Å²) in [5.41, 5.74) is 4.20. The predicted molar refractivity (Wildman–Crippen MR) is 139 cm³/mol. The topological polar surface area (TPSA) is 62.0 Å². The number of nitrogens with zero attached hydrogens (tertiary/aromatic N) is 7. The van der Waals surface area contributed by atoms with E-state index >= 15 is 0 Å². The van der Waals surface area contributed by atoms with E-state index in [1.165, 1.54) is 13.2 Å². The summed E-state index contributed by atoms with van der Waals surface area (Å²) < 4.78 is 21.3. The quantitative estimate of drug-likeness (QED) is 0.433. The standard InChI is InChI=1S/C27H32FN7O/c1-18-16-32(2)10-11-34(18)19-5-8-33(9-6-19)20-14-30-27-23(15-31-35(27)17-20)21-4-7-29-25-13-24(28)26(36-3)12-22(21)25/h4,7,12-15,17-19H,5-6,8-11,16H2,1-3H3. The number of benzene rings is 1. The van der Waals surface area contributed by atoms with E-state index in [4.69, 9.17) is 9.72 Å². The van der Waals surface area contributed by atoms with Gasteiger partial charge in [-0.3, -0.25) is 9.88 Å². The molecule has 0 spiro atoms. The zero-order valence-electron chi connectivity index (χ0n) is 21.1. The molecule has 0 aliphatic carbocycles. The number of rotatable bonds is 4. The minimum Gasteiger partial charge on any atom is -0.494 e. The number of hydrogen-bond acceptors (Lipinski definition) is 7. The Bertz CT molecular complexity index is 1400. The fourth-order valence-corrected chi connectivity index (χ4v) is 5.91. The Balaban J connectivity index is 1.24. The smallest absolute Gasteiger partial charge is 0.167 e. The van der Waals surface area contributed by atoms with E-state index in [2.05, 4.69) is 45.0 Å². The number of pyridine rings is 1. The van der Waals surface area contributed by atoms with Gasteiger partial charge in [0.15, 0.2) is 17.2 Å². The Labute approximate surface area is 210 Å². The van der Waals surface area contributed by atoms with Crippen molar-refractivity contribution in [1.82, 2.24) is 29.4 Å². The largest absolute Gasteiger partial charge is 0.494 e. The Kier molecular flexibility index (Phi) is 5.97. The molecule has 0 amide bonds. The Morgan fingerprint density at radius 3 is 2.64 bits per heavy atom. The van der Waals surface area contributed by atoms with Crippen molar-refractivity contribution >= 4 is 22.2 Å². The highest BCUT2D eigenvalue weighted by Gasteiger charge is 2.31. The Morgan fingerprint density at radius 1 is 1.03 bits per heavy atom. The average molecular weight is 490 g/mol. The second-order valence-electron chi connectivity index (χ2n) is 10.1. The van der Waals surface area contributed by atoms with E-state index in [-0.39, 0.29) is 5.75 Å². The Morgan fingerprint density at radius 2 is 1.86 bits per heavy atom. The van der Waals surface area contributed by atoms with E-state index in [1.54, 1.807) is 12.3 Å². The van der Waals surface area contributed by atoms with Crippen LogP contribution in [-0.2, 0) is 0 Å². The lowest BCUT2D eigenvalue weighted by Gasteiger charge is -2.46. The zero-order valence-corrected chi connectivity index (χ0v) is 21.1. The van der Waals surface area contributed by atoms with Gasteiger partial charge >= 0.3 is 0 Å². The molecule has 2 fully saturated rings. The van der Waals surface area contributed by atoms with E-state index in [9.17, 15) is 4.39 Å². The fraction of sp³-hybridized carbons (Fsp3) is 0.444. The van der Waals surface area contributed by atoms with Crippen molar-refractivity contribution in [2.45, 2.75) is 31.8 Å². The summed E-state index contributed by atoms with van der Waals surface area (Å²) in [6.45, 7) is 7.86. The summed E-state index contributed by atoms with van der Waals surface area (Å²) in [4.78, 5) is 16.7. The van der Waals surface area contributed by atoms with E-state index < -0.39 is 5.82 Å². The van der Waals surface area contributed by atoms with Crippen LogP contribution in [0, 0.1) is 5.82 Å². The SMILES string of the molecule is COc1cc2c(-c3cnn4cc(N5CCC(N6CCN(C)CC6C)CC5)cnc34)ccnc2cc1F. The molecule has 1 unspecified atom stereocenters. The number of halogens is 1. The monoisotopic (exact) mass is 489 g/mol. The maximum atomic E-state index is 14.2. The van der Waals surface area contributed by atoms with Crippen molar-refractivity contribution in [3.63, 3.8) is 0 Å². The minimum absolute atomic E-state index is 0.192. The molecular formula is C27H32FN7O. The summed E-state index contributed by atoms with van der Waals surface area (Å²) in [7, 11) is 3.68. The van der Waals surface area contributed by atoms with Crippen LogP contribution in [0.3, 0.4) is 0 Å². The number of piperazine rings is 1. The molecule has 3 aromatic heterocycles. The van der Waals surface area contributed by atoms with Gasteiger partial charge in [-0.05, 0) is 44.5 Å². The van der Waals surface area contributed by atoms with Gasteiger partial charge in [0.25, 0.3) is 0 Å². The molecule has 0 radical (unpaired) electrons. The van der Waals surface area contributed by atoms with Crippen molar-refractivity contribution < 1.29 is 9.13 Å². The van der Waals surface area contributed by atoms with Crippen LogP contribution >= 0.6 is 0 Å². The molecule has 2 aliphatic rings. The first kappa shape index (κ1) is 23.1. The van der Waals surface area contributed by atoms with Crippen LogP contribution in [0.1, 0.15) is 19.8 Å². The lowest BCUT2D eigenvalue weighted by Crippen LogP contribution is -2.56. The van der Waals surface area contributed by atoms with Crippen LogP contribution < -0.4 is 9.64 Å². The number of hydrogen-bond donors (Lipinski definition) is 0. The predicted octanol–water partition coefficient (Wildman–Crippen LogP) is 3.70. The normalized spacial score (nSPS) is 20.4. The van der Waals surface area contributed by atoms with Crippen molar-refractivity contribution in [3.05, 3.63) is 48.8 Å². The minimum atomic E-state index is -0.428. The highest BCUT2D eigenvalue weighted by Crippen LogP contribution is 2.34. The van der Waals surface area contributed by atoms with Gasteiger partial charge in [0.2, 0.25) is 0 Å². The van der Waals surface area contributed by atoms with Gasteiger partial charge in [-0.15, -0.1) is 0 Å². The van der Waals surface area contributed by atoms with Crippen molar-refractivity contribution in [2.75, 3.05) is 51.8 Å². The van der Waals surface area contributed by atoms with E-state index in [1.807, 2.05) is 23.0 Å². The summed E-state index contributed by atoms with van der Waals surface area (Å²) in [5, 5.41) is 5.41.